The van der Waals surface area contributed by atoms with E-state index in [9.17, 15) is 4.79 Å². The minimum atomic E-state index is 0.188. The Labute approximate surface area is 89.2 Å². The summed E-state index contributed by atoms with van der Waals surface area (Å²) in [7, 11) is 0. The Morgan fingerprint density at radius 2 is 2.21 bits per heavy atom. The van der Waals surface area contributed by atoms with Crippen LogP contribution in [0, 0.1) is 5.92 Å². The first-order chi connectivity index (χ1) is 6.77. The van der Waals surface area contributed by atoms with Gasteiger partial charge in [-0.2, -0.15) is 11.8 Å². The average molecular weight is 214 g/mol. The van der Waals surface area contributed by atoms with Gasteiger partial charge in [0.05, 0.1) is 0 Å². The molecule has 2 fully saturated rings. The lowest BCUT2D eigenvalue weighted by atomic mass is 10.1. The summed E-state index contributed by atoms with van der Waals surface area (Å²) >= 11 is 1.88. The van der Waals surface area contributed by atoms with Crippen LogP contribution in [0.2, 0.25) is 0 Å². The zero-order chi connectivity index (χ0) is 9.97. The van der Waals surface area contributed by atoms with Crippen molar-refractivity contribution in [1.82, 2.24) is 5.32 Å². The van der Waals surface area contributed by atoms with Crippen LogP contribution >= 0.6 is 11.8 Å². The highest BCUT2D eigenvalue weighted by Crippen LogP contribution is 2.24. The summed E-state index contributed by atoms with van der Waals surface area (Å²) in [5, 5.41) is 3.09. The lowest BCUT2D eigenvalue weighted by Gasteiger charge is -2.19. The van der Waals surface area contributed by atoms with Crippen LogP contribution in [0.15, 0.2) is 0 Å². The van der Waals surface area contributed by atoms with Gasteiger partial charge in [-0.15, -0.1) is 0 Å². The molecule has 1 amide bonds. The number of hydrogen-bond acceptors (Lipinski definition) is 3. The van der Waals surface area contributed by atoms with Gasteiger partial charge >= 0.3 is 0 Å². The molecule has 0 radical (unpaired) electrons. The van der Waals surface area contributed by atoms with Crippen molar-refractivity contribution in [2.45, 2.75) is 37.8 Å². The molecule has 14 heavy (non-hydrogen) atoms. The smallest absolute Gasteiger partial charge is 0.224 e. The van der Waals surface area contributed by atoms with Crippen LogP contribution in [0.3, 0.4) is 0 Å². The van der Waals surface area contributed by atoms with Crippen LogP contribution in [0.1, 0.15) is 25.7 Å². The van der Waals surface area contributed by atoms with Crippen LogP contribution in [0.5, 0.6) is 0 Å². The monoisotopic (exact) mass is 214 g/mol. The predicted molar refractivity (Wildman–Crippen MR) is 59.2 cm³/mol. The van der Waals surface area contributed by atoms with Crippen molar-refractivity contribution >= 4 is 17.7 Å². The topological polar surface area (TPSA) is 55.1 Å². The van der Waals surface area contributed by atoms with E-state index < -0.39 is 0 Å². The number of nitrogens with two attached hydrogens (primary N) is 1. The van der Waals surface area contributed by atoms with E-state index in [0.29, 0.717) is 0 Å². The summed E-state index contributed by atoms with van der Waals surface area (Å²) in [6, 6.07) is 0.432. The molecule has 4 heteroatoms. The lowest BCUT2D eigenvalue weighted by Crippen LogP contribution is -2.46. The first-order valence-corrected chi connectivity index (χ1v) is 6.56. The van der Waals surface area contributed by atoms with Crippen molar-refractivity contribution in [3.05, 3.63) is 0 Å². The maximum absolute atomic E-state index is 11.8. The van der Waals surface area contributed by atoms with Gasteiger partial charge in [-0.3, -0.25) is 4.79 Å². The van der Waals surface area contributed by atoms with E-state index in [1.807, 2.05) is 11.8 Å². The summed E-state index contributed by atoms with van der Waals surface area (Å²) in [6.45, 7) is 0. The van der Waals surface area contributed by atoms with Crippen LogP contribution in [0.25, 0.3) is 0 Å². The predicted octanol–water partition coefficient (Wildman–Crippen LogP) is 0.735. The van der Waals surface area contributed by atoms with Crippen LogP contribution < -0.4 is 11.1 Å². The molecule has 0 aromatic heterocycles. The van der Waals surface area contributed by atoms with Gasteiger partial charge in [0.15, 0.2) is 0 Å². The highest BCUT2D eigenvalue weighted by Gasteiger charge is 2.29. The van der Waals surface area contributed by atoms with Gasteiger partial charge in [0.2, 0.25) is 5.91 Å². The van der Waals surface area contributed by atoms with E-state index in [1.54, 1.807) is 0 Å². The number of carbonyl (C=O) groups excluding carboxylic acids is 1. The van der Waals surface area contributed by atoms with Crippen LogP contribution in [-0.2, 0) is 4.79 Å². The fourth-order valence-electron chi connectivity index (χ4n) is 2.21. The maximum atomic E-state index is 11.8. The number of thioether (sulfide) groups is 1. The van der Waals surface area contributed by atoms with E-state index in [1.165, 1.54) is 0 Å². The molecule has 1 aliphatic carbocycles. The first kappa shape index (κ1) is 10.3. The number of nitrogens with one attached hydrogen (secondary N) is 1. The third-order valence-electron chi connectivity index (χ3n) is 3.20. The molecule has 3 N–H and O–H groups in total. The Kier molecular flexibility index (Phi) is 3.34. The molecule has 3 atom stereocenters. The highest BCUT2D eigenvalue weighted by molar-refractivity contribution is 7.99. The third-order valence-corrected chi connectivity index (χ3v) is 4.36. The minimum Gasteiger partial charge on any atom is -0.352 e. The summed E-state index contributed by atoms with van der Waals surface area (Å²) in [5.41, 5.74) is 5.91. The van der Waals surface area contributed by atoms with Gasteiger partial charge in [0, 0.05) is 23.8 Å². The second-order valence-corrected chi connectivity index (χ2v) is 5.42. The molecule has 0 aromatic rings. The highest BCUT2D eigenvalue weighted by atomic mass is 32.2. The molecule has 1 saturated carbocycles. The molecule has 1 heterocycles. The Hall–Kier alpha value is -0.220. The molecular formula is C10H18N2OS. The zero-order valence-electron chi connectivity index (χ0n) is 8.37. The Morgan fingerprint density at radius 3 is 2.79 bits per heavy atom. The molecule has 0 spiro atoms. The molecule has 2 aliphatic rings. The summed E-state index contributed by atoms with van der Waals surface area (Å²) in [4.78, 5) is 11.8. The molecule has 80 valence electrons. The van der Waals surface area contributed by atoms with Gasteiger partial charge in [-0.25, -0.2) is 0 Å². The molecule has 3 unspecified atom stereocenters. The standard InChI is InChI=1S/C10H18N2OS/c11-8-2-1-3-9(8)12-10(13)7-4-5-14-6-7/h7-9H,1-6,11H2,(H,12,13). The summed E-state index contributed by atoms with van der Waals surface area (Å²) < 4.78 is 0. The molecule has 1 saturated heterocycles. The van der Waals surface area contributed by atoms with Crippen LogP contribution in [0.4, 0.5) is 0 Å². The largest absolute Gasteiger partial charge is 0.352 e. The van der Waals surface area contributed by atoms with E-state index >= 15 is 0 Å². The van der Waals surface area contributed by atoms with Crippen molar-refractivity contribution in [1.29, 1.82) is 0 Å². The first-order valence-electron chi connectivity index (χ1n) is 5.41. The molecule has 2 rings (SSSR count). The van der Waals surface area contributed by atoms with E-state index in [4.69, 9.17) is 5.73 Å². The number of amides is 1. The van der Waals surface area contributed by atoms with Gasteiger partial charge in [0.25, 0.3) is 0 Å². The number of hydrogen-bond donors (Lipinski definition) is 2. The molecule has 3 nitrogen and oxygen atoms in total. The van der Waals surface area contributed by atoms with Crippen LogP contribution in [-0.4, -0.2) is 29.5 Å². The zero-order valence-corrected chi connectivity index (χ0v) is 9.19. The average Bonchev–Trinajstić information content (AvgIpc) is 2.77. The second kappa shape index (κ2) is 4.53. The van der Waals surface area contributed by atoms with E-state index in [2.05, 4.69) is 5.32 Å². The maximum Gasteiger partial charge on any atom is 0.224 e. The quantitative estimate of drug-likeness (QED) is 0.712. The summed E-state index contributed by atoms with van der Waals surface area (Å²) in [6.07, 6.45) is 4.32. The van der Waals surface area contributed by atoms with Crippen molar-refractivity contribution in [3.8, 4) is 0 Å². The van der Waals surface area contributed by atoms with Crippen molar-refractivity contribution < 1.29 is 4.79 Å². The van der Waals surface area contributed by atoms with Crippen molar-refractivity contribution in [2.75, 3.05) is 11.5 Å². The fourth-order valence-corrected chi connectivity index (χ4v) is 3.43. The van der Waals surface area contributed by atoms with E-state index in [-0.39, 0.29) is 23.9 Å². The molecule has 0 bridgehead atoms. The minimum absolute atomic E-state index is 0.188. The molecule has 0 aromatic carbocycles. The normalized spacial score (nSPS) is 37.4. The number of carbonyl (C=O) groups is 1. The third kappa shape index (κ3) is 2.23. The lowest BCUT2D eigenvalue weighted by molar-refractivity contribution is -0.125. The Bertz CT molecular complexity index is 216. The molecular weight excluding hydrogens is 196 g/mol. The Balaban J connectivity index is 1.81. The molecule has 1 aliphatic heterocycles. The summed E-state index contributed by atoms with van der Waals surface area (Å²) in [5.74, 6) is 2.60. The van der Waals surface area contributed by atoms with Crippen molar-refractivity contribution in [2.24, 2.45) is 11.7 Å². The van der Waals surface area contributed by atoms with Crippen molar-refractivity contribution in [3.63, 3.8) is 0 Å². The second-order valence-electron chi connectivity index (χ2n) is 4.27. The van der Waals surface area contributed by atoms with Gasteiger partial charge in [0.1, 0.15) is 0 Å². The van der Waals surface area contributed by atoms with Gasteiger partial charge in [-0.05, 0) is 31.4 Å². The van der Waals surface area contributed by atoms with E-state index in [0.717, 1.165) is 37.2 Å². The van der Waals surface area contributed by atoms with Gasteiger partial charge in [-0.1, -0.05) is 0 Å². The number of rotatable bonds is 2. The Morgan fingerprint density at radius 1 is 1.36 bits per heavy atom. The van der Waals surface area contributed by atoms with Gasteiger partial charge < -0.3 is 11.1 Å². The SMILES string of the molecule is NC1CCCC1NC(=O)C1CCSC1. The fraction of sp³-hybridized carbons (Fsp3) is 0.900.